The second kappa shape index (κ2) is 6.69. The number of methoxy groups -OCH3 is 2. The maximum Gasteiger partial charge on any atom is 0.361 e. The maximum absolute atomic E-state index is 12.4. The molecule has 2 N–H and O–H groups in total. The Morgan fingerprint density at radius 1 is 1.14 bits per heavy atom. The second-order valence-corrected chi connectivity index (χ2v) is 6.89. The Morgan fingerprint density at radius 3 is 2.46 bits per heavy atom. The third kappa shape index (κ3) is 2.47. The van der Waals surface area contributed by atoms with Crippen LogP contribution in [0.15, 0.2) is 41.0 Å². The van der Waals surface area contributed by atoms with Gasteiger partial charge in [0.05, 0.1) is 26.1 Å². The number of carbonyl (C=O) groups is 2. The van der Waals surface area contributed by atoms with E-state index in [0.717, 1.165) is 23.8 Å². The van der Waals surface area contributed by atoms with Crippen LogP contribution in [0.5, 0.6) is 0 Å². The van der Waals surface area contributed by atoms with E-state index in [0.29, 0.717) is 0 Å². The van der Waals surface area contributed by atoms with Gasteiger partial charge in [0, 0.05) is 0 Å². The van der Waals surface area contributed by atoms with Crippen LogP contribution in [0.1, 0.15) is 12.5 Å². The van der Waals surface area contributed by atoms with Gasteiger partial charge in [-0.15, -0.1) is 0 Å². The van der Waals surface area contributed by atoms with Crippen LogP contribution in [0.4, 0.5) is 0 Å². The third-order valence-corrected chi connectivity index (χ3v) is 5.59. The van der Waals surface area contributed by atoms with Crippen molar-refractivity contribution >= 4 is 23.2 Å². The van der Waals surface area contributed by atoms with Crippen molar-refractivity contribution in [2.45, 2.75) is 24.9 Å². The largest absolute Gasteiger partial charge is 0.465 e. The van der Waals surface area contributed by atoms with Gasteiger partial charge in [-0.2, -0.15) is 5.10 Å². The van der Waals surface area contributed by atoms with E-state index in [1.54, 1.807) is 0 Å². The van der Waals surface area contributed by atoms with Crippen molar-refractivity contribution in [3.63, 3.8) is 0 Å². The summed E-state index contributed by atoms with van der Waals surface area (Å²) in [6, 6.07) is 9.57. The molecule has 148 valence electrons. The summed E-state index contributed by atoms with van der Waals surface area (Å²) in [4.78, 5) is 35.6. The van der Waals surface area contributed by atoms with Crippen molar-refractivity contribution in [2.24, 2.45) is 16.9 Å². The highest BCUT2D eigenvalue weighted by Gasteiger charge is 2.69. The zero-order valence-corrected chi connectivity index (χ0v) is 15.5. The molecule has 0 spiro atoms. The minimum atomic E-state index is -2.18. The number of aliphatic hydroxyl groups is 1. The van der Waals surface area contributed by atoms with Crippen LogP contribution in [0.2, 0.25) is 0 Å². The number of fused-ring (bicyclic) bond motifs is 5. The minimum absolute atomic E-state index is 0.0234. The van der Waals surface area contributed by atoms with Gasteiger partial charge < -0.3 is 14.6 Å². The number of nitrogens with one attached hydrogen (secondary N) is 1. The molecule has 0 radical (unpaired) electrons. The predicted molar refractivity (Wildman–Crippen MR) is 95.3 cm³/mol. The molecule has 28 heavy (non-hydrogen) atoms. The number of rotatable bonds is 3. The smallest absolute Gasteiger partial charge is 0.361 e. The quantitative estimate of drug-likeness (QED) is 0.565. The Balaban J connectivity index is 1.87. The molecule has 5 unspecified atom stereocenters. The monoisotopic (exact) mass is 388 g/mol. The summed E-state index contributed by atoms with van der Waals surface area (Å²) in [5, 5.41) is 15.0. The van der Waals surface area contributed by atoms with Crippen molar-refractivity contribution in [1.82, 2.24) is 5.43 Å². The molecule has 5 atom stereocenters. The lowest BCUT2D eigenvalue weighted by Gasteiger charge is -2.41. The van der Waals surface area contributed by atoms with Crippen molar-refractivity contribution in [1.29, 1.82) is 0 Å². The topological polar surface area (TPSA) is 116 Å². The first-order chi connectivity index (χ1) is 13.4. The molecule has 1 aromatic rings. The molecule has 1 saturated heterocycles. The molecule has 3 aliphatic rings. The summed E-state index contributed by atoms with van der Waals surface area (Å²) in [6.07, 6.45) is -1.48. The number of carbonyl (C=O) groups excluding carboxylic acids is 2. The van der Waals surface area contributed by atoms with Gasteiger partial charge in [0.25, 0.3) is 5.72 Å². The summed E-state index contributed by atoms with van der Waals surface area (Å²) in [5.74, 6) is -3.24. The van der Waals surface area contributed by atoms with Crippen LogP contribution in [-0.2, 0) is 28.8 Å². The fraction of sp³-hybridized carbons (Fsp3) is 0.421. The number of esters is 2. The number of hydrogen-bond acceptors (Lipinski definition) is 9. The summed E-state index contributed by atoms with van der Waals surface area (Å²) in [6.45, 7) is 1.90. The zero-order valence-electron chi connectivity index (χ0n) is 15.5. The zero-order chi connectivity index (χ0) is 20.1. The van der Waals surface area contributed by atoms with Gasteiger partial charge >= 0.3 is 11.9 Å². The van der Waals surface area contributed by atoms with Gasteiger partial charge in [-0.05, 0) is 23.6 Å². The molecule has 2 heterocycles. The van der Waals surface area contributed by atoms with Crippen LogP contribution in [0, 0.1) is 11.8 Å². The number of benzene rings is 1. The van der Waals surface area contributed by atoms with E-state index >= 15 is 0 Å². The molecule has 9 heteroatoms. The van der Waals surface area contributed by atoms with E-state index in [1.165, 1.54) is 7.11 Å². The van der Waals surface area contributed by atoms with Gasteiger partial charge in [0.1, 0.15) is 12.2 Å². The molecule has 2 bridgehead atoms. The summed E-state index contributed by atoms with van der Waals surface area (Å²) >= 11 is 0. The summed E-state index contributed by atoms with van der Waals surface area (Å²) in [7, 11) is 2.39. The van der Waals surface area contributed by atoms with Crippen molar-refractivity contribution in [2.75, 3.05) is 14.2 Å². The summed E-state index contributed by atoms with van der Waals surface area (Å²) in [5.41, 5.74) is 2.77. The molecule has 1 aromatic carbocycles. The molecular weight excluding hydrogens is 368 g/mol. The first kappa shape index (κ1) is 18.6. The first-order valence-corrected chi connectivity index (χ1v) is 8.76. The molecule has 1 saturated carbocycles. The SMILES string of the molecule is COC(=O)C1=NNC(O)(C(=O)OC)C2C3OOC(/C3=C(\C)c3ccccc3)C12. The molecular formula is C19H20N2O7. The van der Waals surface area contributed by atoms with Gasteiger partial charge in [-0.25, -0.2) is 19.4 Å². The second-order valence-electron chi connectivity index (χ2n) is 6.89. The lowest BCUT2D eigenvalue weighted by Crippen LogP contribution is -2.66. The highest BCUT2D eigenvalue weighted by atomic mass is 17.2. The average Bonchev–Trinajstić information content (AvgIpc) is 3.30. The van der Waals surface area contributed by atoms with E-state index < -0.39 is 41.7 Å². The highest BCUT2D eigenvalue weighted by molar-refractivity contribution is 6.38. The lowest BCUT2D eigenvalue weighted by molar-refractivity contribution is -0.348. The van der Waals surface area contributed by atoms with E-state index in [9.17, 15) is 14.7 Å². The number of allylic oxidation sites excluding steroid dienone is 1. The average molecular weight is 388 g/mol. The van der Waals surface area contributed by atoms with E-state index in [-0.39, 0.29) is 5.71 Å². The Labute approximate surface area is 160 Å². The normalized spacial score (nSPS) is 34.8. The molecule has 2 fully saturated rings. The molecule has 0 amide bonds. The first-order valence-electron chi connectivity index (χ1n) is 8.76. The van der Waals surface area contributed by atoms with Gasteiger partial charge in [-0.1, -0.05) is 30.3 Å². The fourth-order valence-corrected chi connectivity index (χ4v) is 4.26. The van der Waals surface area contributed by atoms with Crippen molar-refractivity contribution < 1.29 is 33.9 Å². The van der Waals surface area contributed by atoms with E-state index in [2.05, 4.69) is 10.5 Å². The van der Waals surface area contributed by atoms with Crippen LogP contribution >= 0.6 is 0 Å². The van der Waals surface area contributed by atoms with Gasteiger partial charge in [-0.3, -0.25) is 5.43 Å². The molecule has 9 nitrogen and oxygen atoms in total. The predicted octanol–water partition coefficient (Wildman–Crippen LogP) is 0.399. The summed E-state index contributed by atoms with van der Waals surface area (Å²) < 4.78 is 9.58. The number of nitrogens with zero attached hydrogens (tertiary/aromatic N) is 1. The molecule has 2 aliphatic heterocycles. The van der Waals surface area contributed by atoms with Crippen LogP contribution in [0.3, 0.4) is 0 Å². The van der Waals surface area contributed by atoms with Gasteiger partial charge in [0.15, 0.2) is 5.71 Å². The lowest BCUT2D eigenvalue weighted by atomic mass is 9.79. The van der Waals surface area contributed by atoms with Crippen LogP contribution in [-0.4, -0.2) is 54.9 Å². The Morgan fingerprint density at radius 2 is 1.82 bits per heavy atom. The van der Waals surface area contributed by atoms with Crippen molar-refractivity contribution in [3.05, 3.63) is 41.5 Å². The third-order valence-electron chi connectivity index (χ3n) is 5.59. The van der Waals surface area contributed by atoms with E-state index in [1.807, 2.05) is 37.3 Å². The van der Waals surface area contributed by atoms with Crippen molar-refractivity contribution in [3.8, 4) is 0 Å². The van der Waals surface area contributed by atoms with Crippen LogP contribution < -0.4 is 5.43 Å². The number of hydrazone groups is 1. The van der Waals surface area contributed by atoms with Crippen LogP contribution in [0.25, 0.3) is 5.57 Å². The maximum atomic E-state index is 12.4. The Hall–Kier alpha value is -2.75. The van der Waals surface area contributed by atoms with Gasteiger partial charge in [0.2, 0.25) is 0 Å². The molecule has 1 aliphatic carbocycles. The number of ether oxygens (including phenoxy) is 2. The standard InChI is InChI=1S/C19H20N2O7/c1-9(10-7-5-4-6-8-10)11-15-12-13(16(11)28-27-15)19(24,18(23)26-3)21-20-14(12)17(22)25-2/h4-8,12-13,15-16,21,24H,1-3H3/b11-9-. The Kier molecular flexibility index (Phi) is 4.45. The highest BCUT2D eigenvalue weighted by Crippen LogP contribution is 2.53. The fourth-order valence-electron chi connectivity index (χ4n) is 4.26. The molecule has 4 rings (SSSR count). The van der Waals surface area contributed by atoms with E-state index in [4.69, 9.17) is 19.2 Å². The molecule has 0 aromatic heterocycles. The number of hydrogen-bond donors (Lipinski definition) is 2. The minimum Gasteiger partial charge on any atom is -0.465 e. The Bertz CT molecular complexity index is 882.